The minimum absolute atomic E-state index is 1.12. The van der Waals surface area contributed by atoms with E-state index in [0.29, 0.717) is 0 Å². The van der Waals surface area contributed by atoms with Crippen molar-refractivity contribution in [1.29, 1.82) is 0 Å². The molecule has 0 aliphatic carbocycles. The van der Waals surface area contributed by atoms with Crippen LogP contribution >= 0.6 is 0 Å². The lowest BCUT2D eigenvalue weighted by molar-refractivity contribution is 1.30. The minimum Gasteiger partial charge on any atom is -0.310 e. The first kappa shape index (κ1) is 25.1. The third kappa shape index (κ3) is 4.52. The molecule has 0 atom stereocenters. The van der Waals surface area contributed by atoms with Gasteiger partial charge in [0, 0.05) is 16.8 Å². The van der Waals surface area contributed by atoms with Crippen molar-refractivity contribution in [3.05, 3.63) is 176 Å². The summed E-state index contributed by atoms with van der Waals surface area (Å²) in [5.41, 5.74) is 8.32. The largest absolute Gasteiger partial charge is 0.310 e. The van der Waals surface area contributed by atoms with Gasteiger partial charge in [-0.05, 0) is 91.6 Å². The van der Waals surface area contributed by atoms with Gasteiger partial charge in [-0.25, -0.2) is 0 Å². The van der Waals surface area contributed by atoms with E-state index in [1.54, 1.807) is 0 Å². The molecule has 0 fully saturated rings. The van der Waals surface area contributed by atoms with Crippen LogP contribution in [0.5, 0.6) is 0 Å². The van der Waals surface area contributed by atoms with Crippen LogP contribution in [-0.4, -0.2) is 0 Å². The van der Waals surface area contributed by atoms with Crippen LogP contribution in [0.2, 0.25) is 0 Å². The Labute approximate surface area is 251 Å². The Morgan fingerprint density at radius 3 is 1.42 bits per heavy atom. The molecule has 0 saturated heterocycles. The third-order valence-corrected chi connectivity index (χ3v) is 8.41. The summed E-state index contributed by atoms with van der Waals surface area (Å²) < 4.78 is 0. The van der Waals surface area contributed by atoms with Crippen LogP contribution in [0.15, 0.2) is 176 Å². The Morgan fingerprint density at radius 2 is 0.767 bits per heavy atom. The van der Waals surface area contributed by atoms with Gasteiger partial charge in [-0.15, -0.1) is 0 Å². The normalized spacial score (nSPS) is 11.3. The molecular formula is C42H29N. The van der Waals surface area contributed by atoms with E-state index in [9.17, 15) is 0 Å². The van der Waals surface area contributed by atoms with Gasteiger partial charge in [-0.1, -0.05) is 133 Å². The highest BCUT2D eigenvalue weighted by atomic mass is 15.1. The van der Waals surface area contributed by atoms with Crippen molar-refractivity contribution < 1.29 is 0 Å². The first-order valence-corrected chi connectivity index (χ1v) is 14.8. The van der Waals surface area contributed by atoms with E-state index in [4.69, 9.17) is 0 Å². The van der Waals surface area contributed by atoms with Crippen LogP contribution in [0.4, 0.5) is 17.1 Å². The number of hydrogen-bond donors (Lipinski definition) is 0. The predicted octanol–water partition coefficient (Wildman–Crippen LogP) is 11.9. The van der Waals surface area contributed by atoms with E-state index in [2.05, 4.69) is 181 Å². The van der Waals surface area contributed by atoms with Crippen LogP contribution in [-0.2, 0) is 0 Å². The molecule has 0 N–H and O–H groups in total. The lowest BCUT2D eigenvalue weighted by atomic mass is 9.91. The molecule has 0 aliphatic rings. The third-order valence-electron chi connectivity index (χ3n) is 8.41. The number of nitrogens with zero attached hydrogens (tertiary/aromatic N) is 1. The molecule has 0 heterocycles. The van der Waals surface area contributed by atoms with Gasteiger partial charge in [0.2, 0.25) is 0 Å². The number of rotatable bonds is 5. The number of fused-ring (bicyclic) bond motifs is 4. The van der Waals surface area contributed by atoms with E-state index < -0.39 is 0 Å². The van der Waals surface area contributed by atoms with Gasteiger partial charge in [-0.2, -0.15) is 0 Å². The molecule has 0 aromatic heterocycles. The van der Waals surface area contributed by atoms with Gasteiger partial charge in [0.25, 0.3) is 0 Å². The molecular weight excluding hydrogens is 518 g/mol. The van der Waals surface area contributed by atoms with Crippen molar-refractivity contribution >= 4 is 49.4 Å². The lowest BCUT2D eigenvalue weighted by Crippen LogP contribution is -2.10. The van der Waals surface area contributed by atoms with Crippen molar-refractivity contribution in [2.75, 3.05) is 4.90 Å². The van der Waals surface area contributed by atoms with E-state index >= 15 is 0 Å². The molecule has 0 spiro atoms. The topological polar surface area (TPSA) is 3.24 Å². The first-order valence-electron chi connectivity index (χ1n) is 14.8. The Morgan fingerprint density at radius 1 is 0.302 bits per heavy atom. The minimum atomic E-state index is 1.12. The van der Waals surface area contributed by atoms with E-state index in [-0.39, 0.29) is 0 Å². The molecule has 1 nitrogen and oxygen atoms in total. The zero-order valence-electron chi connectivity index (χ0n) is 23.7. The number of hydrogen-bond acceptors (Lipinski definition) is 1. The van der Waals surface area contributed by atoms with Crippen molar-refractivity contribution in [2.24, 2.45) is 0 Å². The molecule has 0 saturated carbocycles. The molecule has 43 heavy (non-hydrogen) atoms. The van der Waals surface area contributed by atoms with Gasteiger partial charge in [0.15, 0.2) is 0 Å². The summed E-state index contributed by atoms with van der Waals surface area (Å²) in [6, 6.07) is 63.5. The van der Waals surface area contributed by atoms with Crippen LogP contribution < -0.4 is 4.90 Å². The van der Waals surface area contributed by atoms with Crippen molar-refractivity contribution in [3.8, 4) is 22.3 Å². The summed E-state index contributed by atoms with van der Waals surface area (Å²) in [4.78, 5) is 2.39. The van der Waals surface area contributed by atoms with Gasteiger partial charge >= 0.3 is 0 Å². The first-order chi connectivity index (χ1) is 21.3. The zero-order valence-corrected chi connectivity index (χ0v) is 23.7. The quantitative estimate of drug-likeness (QED) is 0.194. The van der Waals surface area contributed by atoms with Crippen molar-refractivity contribution in [2.45, 2.75) is 0 Å². The Balaban J connectivity index is 1.31. The Kier molecular flexibility index (Phi) is 6.20. The summed E-state index contributed by atoms with van der Waals surface area (Å²) in [6.07, 6.45) is 0. The second-order valence-electron chi connectivity index (χ2n) is 11.0. The van der Waals surface area contributed by atoms with Gasteiger partial charge in [-0.3, -0.25) is 0 Å². The van der Waals surface area contributed by atoms with Crippen LogP contribution in [0.3, 0.4) is 0 Å². The molecule has 8 aromatic rings. The Bertz CT molecular complexity index is 2220. The molecule has 0 aliphatic heterocycles. The van der Waals surface area contributed by atoms with Gasteiger partial charge < -0.3 is 4.90 Å². The molecule has 1 heteroatoms. The van der Waals surface area contributed by atoms with Crippen molar-refractivity contribution in [1.82, 2.24) is 0 Å². The fraction of sp³-hybridized carbons (Fsp3) is 0. The molecule has 8 rings (SSSR count). The molecule has 8 aromatic carbocycles. The molecule has 202 valence electrons. The maximum atomic E-state index is 2.39. The van der Waals surface area contributed by atoms with Crippen molar-refractivity contribution in [3.63, 3.8) is 0 Å². The second kappa shape index (κ2) is 10.6. The maximum absolute atomic E-state index is 2.39. The highest BCUT2D eigenvalue weighted by molar-refractivity contribution is 6.14. The zero-order chi connectivity index (χ0) is 28.6. The average Bonchev–Trinajstić information content (AvgIpc) is 3.09. The van der Waals surface area contributed by atoms with E-state index in [0.717, 1.165) is 11.4 Å². The summed E-state index contributed by atoms with van der Waals surface area (Å²) in [6.45, 7) is 0. The molecule has 0 radical (unpaired) electrons. The summed E-state index contributed by atoms with van der Waals surface area (Å²) >= 11 is 0. The fourth-order valence-corrected chi connectivity index (χ4v) is 6.35. The lowest BCUT2D eigenvalue weighted by Gasteiger charge is -2.28. The van der Waals surface area contributed by atoms with E-state index in [1.165, 1.54) is 60.3 Å². The maximum Gasteiger partial charge on any atom is 0.0546 e. The Hall–Kier alpha value is -5.66. The smallest absolute Gasteiger partial charge is 0.0546 e. The number of para-hydroxylation sites is 1. The van der Waals surface area contributed by atoms with Crippen LogP contribution in [0.1, 0.15) is 0 Å². The predicted molar refractivity (Wildman–Crippen MR) is 185 cm³/mol. The average molecular weight is 548 g/mol. The SMILES string of the molecule is c1ccc(-c2cc3ccccc3cc2-c2ccc(N(c3ccccc3)c3cc4ccccc4c4ccccc34)cc2)cc1. The highest BCUT2D eigenvalue weighted by Gasteiger charge is 2.18. The highest BCUT2D eigenvalue weighted by Crippen LogP contribution is 2.43. The van der Waals surface area contributed by atoms with Crippen LogP contribution in [0.25, 0.3) is 54.6 Å². The summed E-state index contributed by atoms with van der Waals surface area (Å²) in [7, 11) is 0. The molecule has 0 amide bonds. The number of benzene rings is 8. The fourth-order valence-electron chi connectivity index (χ4n) is 6.35. The monoisotopic (exact) mass is 547 g/mol. The van der Waals surface area contributed by atoms with E-state index in [1.807, 2.05) is 0 Å². The van der Waals surface area contributed by atoms with Gasteiger partial charge in [0.1, 0.15) is 0 Å². The molecule has 0 bridgehead atoms. The van der Waals surface area contributed by atoms with Crippen LogP contribution in [0, 0.1) is 0 Å². The van der Waals surface area contributed by atoms with Gasteiger partial charge in [0.05, 0.1) is 5.69 Å². The summed E-state index contributed by atoms with van der Waals surface area (Å²) in [5, 5.41) is 7.49. The molecule has 0 unspecified atom stereocenters. The second-order valence-corrected chi connectivity index (χ2v) is 11.0. The standard InChI is InChI=1S/C42H29N/c1-3-13-30(14-4-1)40-27-32-15-7-8-16-33(32)28-41(40)31-23-25-36(26-24-31)43(35-18-5-2-6-19-35)42-29-34-17-9-10-20-37(34)38-21-11-12-22-39(38)42/h1-29H. The number of anilines is 3. The summed E-state index contributed by atoms with van der Waals surface area (Å²) in [5.74, 6) is 0.